The van der Waals surface area contributed by atoms with E-state index in [0.29, 0.717) is 16.8 Å². The molecule has 0 saturated carbocycles. The Morgan fingerprint density at radius 3 is 2.44 bits per heavy atom. The van der Waals surface area contributed by atoms with Crippen molar-refractivity contribution >= 4 is 17.5 Å². The first-order valence-corrected chi connectivity index (χ1v) is 7.50. The average Bonchev–Trinajstić information content (AvgIpc) is 2.86. The predicted octanol–water partition coefficient (Wildman–Crippen LogP) is 3.02. The molecular weight excluding hydrogens is 329 g/mol. The average molecular weight is 347 g/mol. The van der Waals surface area contributed by atoms with Gasteiger partial charge >= 0.3 is 5.97 Å². The summed E-state index contributed by atoms with van der Waals surface area (Å²) in [4.78, 5) is 38.8. The number of rotatable bonds is 6. The van der Waals surface area contributed by atoms with E-state index in [1.165, 1.54) is 20.1 Å². The van der Waals surface area contributed by atoms with Crippen LogP contribution >= 0.6 is 0 Å². The molecule has 0 spiro atoms. The number of ether oxygens (including phenoxy) is 2. The van der Waals surface area contributed by atoms with Crippen LogP contribution in [0.5, 0.6) is 5.75 Å². The summed E-state index contributed by atoms with van der Waals surface area (Å²) in [5.41, 5.74) is 1.53. The molecule has 0 aliphatic heterocycles. The van der Waals surface area contributed by atoms with E-state index in [1.54, 1.807) is 13.8 Å². The third-order valence-electron chi connectivity index (χ3n) is 3.79. The summed E-state index contributed by atoms with van der Waals surface area (Å²) >= 11 is 0. The molecule has 0 unspecified atom stereocenters. The molecule has 1 heterocycles. The normalized spacial score (nSPS) is 10.4. The van der Waals surface area contributed by atoms with Gasteiger partial charge in [0.15, 0.2) is 12.4 Å². The largest absolute Gasteiger partial charge is 0.496 e. The number of nitrogens with one attached hydrogen (secondary N) is 1. The van der Waals surface area contributed by atoms with Gasteiger partial charge in [0, 0.05) is 11.3 Å². The van der Waals surface area contributed by atoms with Crippen molar-refractivity contribution in [2.75, 3.05) is 13.7 Å². The zero-order valence-electron chi connectivity index (χ0n) is 14.4. The van der Waals surface area contributed by atoms with Crippen molar-refractivity contribution in [1.82, 2.24) is 4.98 Å². The van der Waals surface area contributed by atoms with E-state index in [4.69, 9.17) is 9.47 Å². The number of hydrogen-bond donors (Lipinski definition) is 1. The van der Waals surface area contributed by atoms with Crippen LogP contribution < -0.4 is 4.74 Å². The van der Waals surface area contributed by atoms with Gasteiger partial charge in [0.25, 0.3) is 0 Å². The minimum Gasteiger partial charge on any atom is -0.496 e. The second-order valence-electron chi connectivity index (χ2n) is 5.53. The Morgan fingerprint density at radius 2 is 1.88 bits per heavy atom. The van der Waals surface area contributed by atoms with Crippen molar-refractivity contribution in [2.45, 2.75) is 20.8 Å². The van der Waals surface area contributed by atoms with Crippen molar-refractivity contribution < 1.29 is 28.2 Å². The second kappa shape index (κ2) is 7.29. The number of carbonyl (C=O) groups is 3. The minimum absolute atomic E-state index is 0.0147. The Bertz CT molecular complexity index is 853. The molecule has 0 aliphatic carbocycles. The highest BCUT2D eigenvalue weighted by Gasteiger charge is 2.22. The smallest absolute Gasteiger partial charge is 0.355 e. The van der Waals surface area contributed by atoms with E-state index >= 15 is 0 Å². The van der Waals surface area contributed by atoms with Gasteiger partial charge in [0.1, 0.15) is 17.3 Å². The van der Waals surface area contributed by atoms with Crippen molar-refractivity contribution in [3.05, 3.63) is 52.1 Å². The topological polar surface area (TPSA) is 85.5 Å². The molecule has 2 rings (SSSR count). The van der Waals surface area contributed by atoms with Gasteiger partial charge in [-0.2, -0.15) is 0 Å². The Morgan fingerprint density at radius 1 is 1.20 bits per heavy atom. The zero-order valence-corrected chi connectivity index (χ0v) is 14.4. The minimum atomic E-state index is -0.767. The Kier molecular flexibility index (Phi) is 5.36. The maximum Gasteiger partial charge on any atom is 0.355 e. The predicted molar refractivity (Wildman–Crippen MR) is 87.8 cm³/mol. The molecule has 2 aromatic rings. The number of esters is 1. The summed E-state index contributed by atoms with van der Waals surface area (Å²) in [5.74, 6) is -1.95. The van der Waals surface area contributed by atoms with Crippen LogP contribution in [-0.4, -0.2) is 36.2 Å². The number of ketones is 2. The maximum absolute atomic E-state index is 13.3. The molecule has 0 fully saturated rings. The SMILES string of the molecule is COc1ccc(F)cc1C(=O)COC(=O)c1[nH]c(C)c(C(C)=O)c1C. The highest BCUT2D eigenvalue weighted by atomic mass is 19.1. The summed E-state index contributed by atoms with van der Waals surface area (Å²) in [7, 11) is 1.35. The fourth-order valence-electron chi connectivity index (χ4n) is 2.66. The number of methoxy groups -OCH3 is 1. The number of hydrogen-bond acceptors (Lipinski definition) is 5. The molecule has 0 bridgehead atoms. The molecule has 0 atom stereocenters. The molecule has 1 aromatic carbocycles. The number of carbonyl (C=O) groups excluding carboxylic acids is 3. The molecule has 0 radical (unpaired) electrons. The third-order valence-corrected chi connectivity index (χ3v) is 3.79. The lowest BCUT2D eigenvalue weighted by molar-refractivity contribution is 0.0468. The fourth-order valence-corrected chi connectivity index (χ4v) is 2.66. The second-order valence-corrected chi connectivity index (χ2v) is 5.53. The van der Waals surface area contributed by atoms with E-state index in [-0.39, 0.29) is 22.8 Å². The van der Waals surface area contributed by atoms with Crippen LogP contribution in [0.3, 0.4) is 0 Å². The molecule has 1 N–H and O–H groups in total. The molecule has 0 saturated heterocycles. The molecule has 6 nitrogen and oxygen atoms in total. The van der Waals surface area contributed by atoms with E-state index < -0.39 is 24.2 Å². The summed E-state index contributed by atoms with van der Waals surface area (Å²) in [5, 5.41) is 0. The van der Waals surface area contributed by atoms with Gasteiger partial charge in [0.05, 0.1) is 12.7 Å². The summed E-state index contributed by atoms with van der Waals surface area (Å²) < 4.78 is 23.3. The van der Waals surface area contributed by atoms with Gasteiger partial charge in [-0.3, -0.25) is 9.59 Å². The van der Waals surface area contributed by atoms with E-state index in [0.717, 1.165) is 12.1 Å². The third kappa shape index (κ3) is 3.76. The van der Waals surface area contributed by atoms with Gasteiger partial charge in [-0.25, -0.2) is 9.18 Å². The number of Topliss-reactive ketones (excluding diaryl/α,β-unsaturated/α-hetero) is 2. The van der Waals surface area contributed by atoms with Crippen molar-refractivity contribution in [1.29, 1.82) is 0 Å². The lowest BCUT2D eigenvalue weighted by Gasteiger charge is -2.08. The van der Waals surface area contributed by atoms with E-state index in [1.807, 2.05) is 0 Å². The number of aromatic nitrogens is 1. The Labute approximate surface area is 143 Å². The molecule has 0 amide bonds. The van der Waals surface area contributed by atoms with Crippen LogP contribution in [0.1, 0.15) is 49.4 Å². The first-order valence-electron chi connectivity index (χ1n) is 7.50. The molecule has 1 aromatic heterocycles. The first kappa shape index (κ1) is 18.4. The molecule has 25 heavy (non-hydrogen) atoms. The quantitative estimate of drug-likeness (QED) is 0.641. The summed E-state index contributed by atoms with van der Waals surface area (Å²) in [6, 6.07) is 3.50. The van der Waals surface area contributed by atoms with E-state index in [9.17, 15) is 18.8 Å². The van der Waals surface area contributed by atoms with Crippen LogP contribution in [0, 0.1) is 19.7 Å². The highest BCUT2D eigenvalue weighted by Crippen LogP contribution is 2.21. The van der Waals surface area contributed by atoms with Gasteiger partial charge < -0.3 is 14.5 Å². The van der Waals surface area contributed by atoms with E-state index in [2.05, 4.69) is 4.98 Å². The zero-order chi connectivity index (χ0) is 18.7. The molecule has 132 valence electrons. The number of H-pyrrole nitrogens is 1. The molecule has 7 heteroatoms. The van der Waals surface area contributed by atoms with Gasteiger partial charge in [-0.15, -0.1) is 0 Å². The monoisotopic (exact) mass is 347 g/mol. The number of halogens is 1. The van der Waals surface area contributed by atoms with Gasteiger partial charge in [-0.05, 0) is 44.5 Å². The van der Waals surface area contributed by atoms with Crippen LogP contribution in [0.25, 0.3) is 0 Å². The number of benzene rings is 1. The molecule has 0 aliphatic rings. The van der Waals surface area contributed by atoms with Crippen molar-refractivity contribution in [2.24, 2.45) is 0 Å². The van der Waals surface area contributed by atoms with Crippen LogP contribution in [0.2, 0.25) is 0 Å². The van der Waals surface area contributed by atoms with Crippen molar-refractivity contribution in [3.63, 3.8) is 0 Å². The lowest BCUT2D eigenvalue weighted by atomic mass is 10.1. The Hall–Kier alpha value is -2.96. The van der Waals surface area contributed by atoms with Crippen LogP contribution in [0.4, 0.5) is 4.39 Å². The highest BCUT2D eigenvalue weighted by molar-refractivity contribution is 6.03. The fraction of sp³-hybridized carbons (Fsp3) is 0.278. The Balaban J connectivity index is 2.16. The summed E-state index contributed by atoms with van der Waals surface area (Å²) in [6.07, 6.45) is 0. The number of aryl methyl sites for hydroxylation is 1. The van der Waals surface area contributed by atoms with Crippen LogP contribution in [0.15, 0.2) is 18.2 Å². The lowest BCUT2D eigenvalue weighted by Crippen LogP contribution is -2.16. The van der Waals surface area contributed by atoms with Crippen LogP contribution in [-0.2, 0) is 4.74 Å². The molecular formula is C18H18FNO5. The standard InChI is InChI=1S/C18H18FNO5/c1-9-16(11(3)21)10(2)20-17(9)18(23)25-8-14(22)13-7-12(19)5-6-15(13)24-4/h5-7,20H,8H2,1-4H3. The first-order chi connectivity index (χ1) is 11.8. The van der Waals surface area contributed by atoms with Crippen molar-refractivity contribution in [3.8, 4) is 5.75 Å². The van der Waals surface area contributed by atoms with Gasteiger partial charge in [0.2, 0.25) is 5.78 Å². The number of aromatic amines is 1. The van der Waals surface area contributed by atoms with Gasteiger partial charge in [-0.1, -0.05) is 0 Å². The maximum atomic E-state index is 13.3. The summed E-state index contributed by atoms with van der Waals surface area (Å²) in [6.45, 7) is 4.11.